The highest BCUT2D eigenvalue weighted by atomic mass is 16.2. The molecule has 0 saturated carbocycles. The number of nitrogens with zero attached hydrogens (tertiary/aromatic N) is 3. The van der Waals surface area contributed by atoms with E-state index in [4.69, 9.17) is 11.0 Å². The van der Waals surface area contributed by atoms with Gasteiger partial charge in [-0.1, -0.05) is 18.7 Å². The van der Waals surface area contributed by atoms with E-state index in [1.807, 2.05) is 24.3 Å². The third kappa shape index (κ3) is 2.31. The van der Waals surface area contributed by atoms with Crippen molar-refractivity contribution in [3.63, 3.8) is 0 Å². The number of anilines is 1. The predicted octanol–water partition coefficient (Wildman–Crippen LogP) is 2.37. The Morgan fingerprint density at radius 2 is 2.14 bits per heavy atom. The number of nitrogen functional groups attached to an aromatic ring is 1. The summed E-state index contributed by atoms with van der Waals surface area (Å²) < 4.78 is 0. The number of hydrogen-bond acceptors (Lipinski definition) is 4. The molecule has 1 amide bonds. The van der Waals surface area contributed by atoms with E-state index >= 15 is 0 Å². The van der Waals surface area contributed by atoms with Crippen LogP contribution in [0.15, 0.2) is 48.7 Å². The average molecular weight is 290 g/mol. The van der Waals surface area contributed by atoms with E-state index in [0.29, 0.717) is 23.5 Å². The first-order valence-corrected chi connectivity index (χ1v) is 6.81. The van der Waals surface area contributed by atoms with E-state index in [0.717, 1.165) is 16.7 Å². The molecule has 1 aromatic carbocycles. The lowest BCUT2D eigenvalue weighted by molar-refractivity contribution is 0.0794. The molecule has 2 N–H and O–H groups in total. The molecule has 1 aliphatic heterocycles. The normalized spacial score (nSPS) is 12.9. The molecule has 1 aromatic heterocycles. The van der Waals surface area contributed by atoms with Gasteiger partial charge in [-0.25, -0.2) is 4.98 Å². The van der Waals surface area contributed by atoms with Gasteiger partial charge in [0, 0.05) is 29.4 Å². The number of fused-ring (bicyclic) bond motifs is 1. The zero-order valence-electron chi connectivity index (χ0n) is 11.9. The number of hydrogen-bond donors (Lipinski definition) is 1. The van der Waals surface area contributed by atoms with Gasteiger partial charge >= 0.3 is 0 Å². The summed E-state index contributed by atoms with van der Waals surface area (Å²) >= 11 is 0. The summed E-state index contributed by atoms with van der Waals surface area (Å²) in [7, 11) is 0. The number of pyridine rings is 1. The summed E-state index contributed by atoms with van der Waals surface area (Å²) in [6.07, 6.45) is 1.70. The molecule has 22 heavy (non-hydrogen) atoms. The molecule has 0 aliphatic carbocycles. The summed E-state index contributed by atoms with van der Waals surface area (Å²) in [5.41, 5.74) is 9.48. The largest absolute Gasteiger partial charge is 0.384 e. The number of carbonyl (C=O) groups excluding carboxylic acids is 1. The van der Waals surface area contributed by atoms with Gasteiger partial charge in [0.1, 0.15) is 5.82 Å². The van der Waals surface area contributed by atoms with E-state index in [9.17, 15) is 4.79 Å². The van der Waals surface area contributed by atoms with Gasteiger partial charge in [0.2, 0.25) is 0 Å². The summed E-state index contributed by atoms with van der Waals surface area (Å²) in [4.78, 5) is 18.2. The number of carbonyl (C=O) groups is 1. The van der Waals surface area contributed by atoms with Gasteiger partial charge in [0.25, 0.3) is 5.91 Å². The van der Waals surface area contributed by atoms with Gasteiger partial charge < -0.3 is 10.6 Å². The molecular weight excluding hydrogens is 276 g/mol. The van der Waals surface area contributed by atoms with E-state index in [1.165, 1.54) is 0 Å². The number of amides is 1. The molecule has 108 valence electrons. The third-order valence-electron chi connectivity index (χ3n) is 3.68. The molecule has 0 radical (unpaired) electrons. The Labute approximate surface area is 128 Å². The third-order valence-corrected chi connectivity index (χ3v) is 3.68. The van der Waals surface area contributed by atoms with Crippen molar-refractivity contribution in [1.82, 2.24) is 9.88 Å². The lowest BCUT2D eigenvalue weighted by Crippen LogP contribution is -2.25. The van der Waals surface area contributed by atoms with E-state index in [-0.39, 0.29) is 12.5 Å². The highest BCUT2D eigenvalue weighted by Crippen LogP contribution is 2.32. The minimum atomic E-state index is -0.0725. The van der Waals surface area contributed by atoms with Gasteiger partial charge in [0.15, 0.2) is 0 Å². The first kappa shape index (κ1) is 13.8. The Bertz CT molecular complexity index is 802. The lowest BCUT2D eigenvalue weighted by Gasteiger charge is -2.14. The quantitative estimate of drug-likeness (QED) is 0.880. The maximum atomic E-state index is 12.4. The summed E-state index contributed by atoms with van der Waals surface area (Å²) in [6, 6.07) is 11.2. The highest BCUT2D eigenvalue weighted by molar-refractivity contribution is 6.00. The Balaban J connectivity index is 1.99. The second kappa shape index (κ2) is 5.34. The summed E-state index contributed by atoms with van der Waals surface area (Å²) in [5, 5.41) is 8.85. The maximum absolute atomic E-state index is 12.4. The van der Waals surface area contributed by atoms with Crippen molar-refractivity contribution in [2.24, 2.45) is 0 Å². The minimum absolute atomic E-state index is 0.0725. The average Bonchev–Trinajstić information content (AvgIpc) is 2.84. The van der Waals surface area contributed by atoms with Crippen molar-refractivity contribution in [3.8, 4) is 17.2 Å². The van der Waals surface area contributed by atoms with E-state index < -0.39 is 0 Å². The lowest BCUT2D eigenvalue weighted by atomic mass is 9.98. The van der Waals surface area contributed by atoms with Crippen LogP contribution in [0.25, 0.3) is 11.1 Å². The first-order chi connectivity index (χ1) is 10.6. The molecule has 5 nitrogen and oxygen atoms in total. The van der Waals surface area contributed by atoms with Crippen LogP contribution in [0.1, 0.15) is 15.9 Å². The molecule has 0 saturated heterocycles. The van der Waals surface area contributed by atoms with Crippen LogP contribution >= 0.6 is 0 Å². The van der Waals surface area contributed by atoms with Gasteiger partial charge in [0.05, 0.1) is 12.6 Å². The molecule has 5 heteroatoms. The number of nitrogens with two attached hydrogens (primary N) is 1. The molecule has 0 spiro atoms. The molecule has 2 heterocycles. The van der Waals surface area contributed by atoms with Gasteiger partial charge in [-0.05, 0) is 29.3 Å². The Morgan fingerprint density at radius 1 is 1.36 bits per heavy atom. The molecule has 0 atom stereocenters. The monoisotopic (exact) mass is 290 g/mol. The fraction of sp³-hybridized carbons (Fsp3) is 0.118. The zero-order chi connectivity index (χ0) is 15.7. The van der Waals surface area contributed by atoms with Crippen molar-refractivity contribution in [3.05, 3.63) is 59.8 Å². The van der Waals surface area contributed by atoms with Gasteiger partial charge in [-0.3, -0.25) is 4.79 Å². The van der Waals surface area contributed by atoms with Crippen LogP contribution in [-0.2, 0) is 6.54 Å². The SMILES string of the molecule is C=C(C#N)CN1Cc2c(cccc2-c2ccc(N)nc2)C1=O. The molecular formula is C17H14N4O. The molecule has 2 aromatic rings. The van der Waals surface area contributed by atoms with Crippen LogP contribution in [0, 0.1) is 11.3 Å². The predicted molar refractivity (Wildman–Crippen MR) is 83.6 cm³/mol. The van der Waals surface area contributed by atoms with E-state index in [1.54, 1.807) is 23.2 Å². The van der Waals surface area contributed by atoms with Crippen molar-refractivity contribution in [1.29, 1.82) is 5.26 Å². The summed E-state index contributed by atoms with van der Waals surface area (Å²) in [6.45, 7) is 4.37. The summed E-state index contributed by atoms with van der Waals surface area (Å²) in [5.74, 6) is 0.385. The van der Waals surface area contributed by atoms with Crippen molar-refractivity contribution < 1.29 is 4.79 Å². The highest BCUT2D eigenvalue weighted by Gasteiger charge is 2.29. The number of rotatable bonds is 3. The van der Waals surface area contributed by atoms with Crippen LogP contribution in [0.2, 0.25) is 0 Å². The van der Waals surface area contributed by atoms with Crippen LogP contribution in [0.5, 0.6) is 0 Å². The maximum Gasteiger partial charge on any atom is 0.254 e. The topological polar surface area (TPSA) is 83.0 Å². The molecule has 0 unspecified atom stereocenters. The number of aromatic nitrogens is 1. The van der Waals surface area contributed by atoms with Crippen LogP contribution < -0.4 is 5.73 Å². The molecule has 0 bridgehead atoms. The molecule has 0 fully saturated rings. The number of nitriles is 1. The van der Waals surface area contributed by atoms with Crippen molar-refractivity contribution in [2.75, 3.05) is 12.3 Å². The van der Waals surface area contributed by atoms with Crippen molar-refractivity contribution in [2.45, 2.75) is 6.54 Å². The Morgan fingerprint density at radius 3 is 2.82 bits per heavy atom. The van der Waals surface area contributed by atoms with Gasteiger partial charge in [-0.15, -0.1) is 0 Å². The fourth-order valence-electron chi connectivity index (χ4n) is 2.62. The second-order valence-corrected chi connectivity index (χ2v) is 5.18. The zero-order valence-corrected chi connectivity index (χ0v) is 11.9. The smallest absolute Gasteiger partial charge is 0.254 e. The van der Waals surface area contributed by atoms with Crippen LogP contribution in [0.4, 0.5) is 5.82 Å². The Hall–Kier alpha value is -3.13. The fourth-order valence-corrected chi connectivity index (χ4v) is 2.62. The minimum Gasteiger partial charge on any atom is -0.384 e. The molecule has 1 aliphatic rings. The second-order valence-electron chi connectivity index (χ2n) is 5.18. The first-order valence-electron chi connectivity index (χ1n) is 6.81. The van der Waals surface area contributed by atoms with Gasteiger partial charge in [-0.2, -0.15) is 5.26 Å². The Kier molecular flexibility index (Phi) is 3.36. The standard InChI is InChI=1S/C17H14N4O/c1-11(7-18)9-21-10-15-13(3-2-4-14(15)17(21)22)12-5-6-16(19)20-8-12/h2-6,8H,1,9-10H2,(H2,19,20). The van der Waals surface area contributed by atoms with Crippen LogP contribution in [0.3, 0.4) is 0 Å². The molecule has 3 rings (SSSR count). The van der Waals surface area contributed by atoms with Crippen LogP contribution in [-0.4, -0.2) is 22.3 Å². The van der Waals surface area contributed by atoms with E-state index in [2.05, 4.69) is 11.6 Å². The van der Waals surface area contributed by atoms with Crippen molar-refractivity contribution >= 4 is 11.7 Å². The number of benzene rings is 1.